The van der Waals surface area contributed by atoms with Crippen LogP contribution in [0.25, 0.3) is 0 Å². The van der Waals surface area contributed by atoms with Gasteiger partial charge in [0.15, 0.2) is 6.61 Å². The fraction of sp³-hybridized carbons (Fsp3) is 0.318. The third-order valence-electron chi connectivity index (χ3n) is 4.19. The van der Waals surface area contributed by atoms with E-state index in [1.54, 1.807) is 36.4 Å². The summed E-state index contributed by atoms with van der Waals surface area (Å²) in [7, 11) is 1.32. The minimum Gasteiger partial charge on any atom is -0.465 e. The molecular weight excluding hydrogens is 372 g/mol. The van der Waals surface area contributed by atoms with E-state index in [0.717, 1.165) is 24.9 Å². The summed E-state index contributed by atoms with van der Waals surface area (Å²) in [5.41, 5.74) is 2.33. The quantitative estimate of drug-likeness (QED) is 0.472. The fourth-order valence-electron chi connectivity index (χ4n) is 2.55. The van der Waals surface area contributed by atoms with Gasteiger partial charge in [0.25, 0.3) is 5.91 Å². The molecule has 0 aliphatic carbocycles. The van der Waals surface area contributed by atoms with Crippen LogP contribution < -0.4 is 10.6 Å². The average Bonchev–Trinajstić information content (AvgIpc) is 2.76. The molecule has 154 valence electrons. The van der Waals surface area contributed by atoms with E-state index >= 15 is 0 Å². The average molecular weight is 398 g/mol. The van der Waals surface area contributed by atoms with Gasteiger partial charge < -0.3 is 20.1 Å². The summed E-state index contributed by atoms with van der Waals surface area (Å²) < 4.78 is 9.78. The summed E-state index contributed by atoms with van der Waals surface area (Å²) in [6.07, 6.45) is 2.04. The number of anilines is 1. The number of esters is 2. The lowest BCUT2D eigenvalue weighted by Gasteiger charge is -2.11. The lowest BCUT2D eigenvalue weighted by molar-refractivity contribution is -0.124. The number of nitrogens with one attached hydrogen (secondary N) is 2. The number of ether oxygens (including phenoxy) is 2. The number of hydrogen-bond acceptors (Lipinski definition) is 6. The molecule has 0 bridgehead atoms. The molecule has 0 unspecified atom stereocenters. The van der Waals surface area contributed by atoms with Crippen molar-refractivity contribution in [1.82, 2.24) is 5.32 Å². The maximum Gasteiger partial charge on any atom is 0.340 e. The molecule has 7 nitrogen and oxygen atoms in total. The van der Waals surface area contributed by atoms with Crippen molar-refractivity contribution in [2.75, 3.05) is 25.6 Å². The van der Waals surface area contributed by atoms with E-state index in [0.29, 0.717) is 16.8 Å². The van der Waals surface area contributed by atoms with E-state index in [-0.39, 0.29) is 13.2 Å². The van der Waals surface area contributed by atoms with Gasteiger partial charge in [0.05, 0.1) is 18.2 Å². The molecule has 1 amide bonds. The van der Waals surface area contributed by atoms with Gasteiger partial charge in [-0.15, -0.1) is 0 Å². The third kappa shape index (κ3) is 6.95. The predicted octanol–water partition coefficient (Wildman–Crippen LogP) is 3.16. The second-order valence-electron chi connectivity index (χ2n) is 6.37. The zero-order valence-corrected chi connectivity index (χ0v) is 16.7. The Morgan fingerprint density at radius 2 is 1.69 bits per heavy atom. The molecule has 0 heterocycles. The molecule has 2 rings (SSSR count). The van der Waals surface area contributed by atoms with Gasteiger partial charge in [0.2, 0.25) is 0 Å². The highest BCUT2D eigenvalue weighted by Crippen LogP contribution is 2.16. The number of unbranched alkanes of at least 4 members (excludes halogenated alkanes) is 1. The normalized spacial score (nSPS) is 10.1. The zero-order chi connectivity index (χ0) is 21.1. The highest BCUT2D eigenvalue weighted by atomic mass is 16.5. The Labute approximate surface area is 170 Å². The van der Waals surface area contributed by atoms with E-state index < -0.39 is 17.8 Å². The molecule has 0 aliphatic rings. The molecule has 2 N–H and O–H groups in total. The minimum absolute atomic E-state index is 0.257. The van der Waals surface area contributed by atoms with Crippen molar-refractivity contribution in [2.45, 2.75) is 26.3 Å². The Bertz CT molecular complexity index is 833. The summed E-state index contributed by atoms with van der Waals surface area (Å²) in [5.74, 6) is -1.38. The molecule has 0 saturated carbocycles. The Hall–Kier alpha value is -3.35. The number of hydrogen-bond donors (Lipinski definition) is 2. The summed E-state index contributed by atoms with van der Waals surface area (Å²) in [4.78, 5) is 35.7. The van der Waals surface area contributed by atoms with Crippen LogP contribution in [0.2, 0.25) is 0 Å². The topological polar surface area (TPSA) is 93.7 Å². The first-order valence-electron chi connectivity index (χ1n) is 9.49. The van der Waals surface area contributed by atoms with Crippen LogP contribution in [0.4, 0.5) is 5.69 Å². The first-order chi connectivity index (χ1) is 14.0. The molecule has 0 radical (unpaired) electrons. The standard InChI is InChI=1S/C22H26N2O5/c1-3-4-13-23-19-8-6-5-7-18(19)22(27)29-15-20(25)24-14-16-9-11-17(12-10-16)21(26)28-2/h5-12,23H,3-4,13-15H2,1-2H3,(H,24,25). The highest BCUT2D eigenvalue weighted by Gasteiger charge is 2.14. The zero-order valence-electron chi connectivity index (χ0n) is 16.7. The first kappa shape index (κ1) is 21.9. The molecule has 0 saturated heterocycles. The van der Waals surface area contributed by atoms with Crippen LogP contribution in [-0.4, -0.2) is 38.1 Å². The highest BCUT2D eigenvalue weighted by molar-refractivity contribution is 5.96. The van der Waals surface area contributed by atoms with Gasteiger partial charge in [-0.1, -0.05) is 37.6 Å². The van der Waals surface area contributed by atoms with Gasteiger partial charge in [-0.25, -0.2) is 9.59 Å². The molecule has 0 aliphatic heterocycles. The van der Waals surface area contributed by atoms with Crippen LogP contribution in [0.1, 0.15) is 46.0 Å². The number of amides is 1. The predicted molar refractivity (Wildman–Crippen MR) is 110 cm³/mol. The molecule has 2 aromatic rings. The number of carbonyl (C=O) groups is 3. The molecule has 0 fully saturated rings. The minimum atomic E-state index is -0.554. The summed E-state index contributed by atoms with van der Waals surface area (Å²) in [6, 6.07) is 13.7. The van der Waals surface area contributed by atoms with Crippen LogP contribution in [0.3, 0.4) is 0 Å². The number of methoxy groups -OCH3 is 1. The second kappa shape index (κ2) is 11.5. The van der Waals surface area contributed by atoms with Gasteiger partial charge in [-0.3, -0.25) is 4.79 Å². The number of benzene rings is 2. The Balaban J connectivity index is 1.82. The first-order valence-corrected chi connectivity index (χ1v) is 9.49. The van der Waals surface area contributed by atoms with Gasteiger partial charge in [0, 0.05) is 18.8 Å². The van der Waals surface area contributed by atoms with Crippen LogP contribution in [0, 0.1) is 0 Å². The molecular formula is C22H26N2O5. The Morgan fingerprint density at radius 3 is 2.38 bits per heavy atom. The second-order valence-corrected chi connectivity index (χ2v) is 6.37. The van der Waals surface area contributed by atoms with Crippen LogP contribution in [0.15, 0.2) is 48.5 Å². The van der Waals surface area contributed by atoms with E-state index in [4.69, 9.17) is 4.74 Å². The number of carbonyl (C=O) groups excluding carboxylic acids is 3. The van der Waals surface area contributed by atoms with E-state index in [1.165, 1.54) is 7.11 Å². The lowest BCUT2D eigenvalue weighted by atomic mass is 10.1. The van der Waals surface area contributed by atoms with Crippen molar-refractivity contribution in [2.24, 2.45) is 0 Å². The Morgan fingerprint density at radius 1 is 0.966 bits per heavy atom. The molecule has 0 aromatic heterocycles. The molecule has 0 atom stereocenters. The van der Waals surface area contributed by atoms with Crippen molar-refractivity contribution in [1.29, 1.82) is 0 Å². The van der Waals surface area contributed by atoms with Gasteiger partial charge >= 0.3 is 11.9 Å². The summed E-state index contributed by atoms with van der Waals surface area (Å²) >= 11 is 0. The fourth-order valence-corrected chi connectivity index (χ4v) is 2.55. The molecule has 7 heteroatoms. The smallest absolute Gasteiger partial charge is 0.340 e. The van der Waals surface area contributed by atoms with Crippen molar-refractivity contribution in [3.05, 3.63) is 65.2 Å². The number of para-hydroxylation sites is 1. The number of rotatable bonds is 10. The van der Waals surface area contributed by atoms with Crippen molar-refractivity contribution < 1.29 is 23.9 Å². The van der Waals surface area contributed by atoms with E-state index in [2.05, 4.69) is 22.3 Å². The van der Waals surface area contributed by atoms with Crippen LogP contribution >= 0.6 is 0 Å². The SMILES string of the molecule is CCCCNc1ccccc1C(=O)OCC(=O)NCc1ccc(C(=O)OC)cc1. The maximum atomic E-state index is 12.3. The van der Waals surface area contributed by atoms with E-state index in [9.17, 15) is 14.4 Å². The van der Waals surface area contributed by atoms with Crippen molar-refractivity contribution in [3.63, 3.8) is 0 Å². The monoisotopic (exact) mass is 398 g/mol. The Kier molecular flexibility index (Phi) is 8.69. The largest absolute Gasteiger partial charge is 0.465 e. The third-order valence-corrected chi connectivity index (χ3v) is 4.19. The summed E-state index contributed by atoms with van der Waals surface area (Å²) in [6.45, 7) is 2.74. The van der Waals surface area contributed by atoms with Crippen LogP contribution in [0.5, 0.6) is 0 Å². The van der Waals surface area contributed by atoms with E-state index in [1.807, 2.05) is 12.1 Å². The van der Waals surface area contributed by atoms with Crippen molar-refractivity contribution >= 4 is 23.5 Å². The van der Waals surface area contributed by atoms with Crippen molar-refractivity contribution in [3.8, 4) is 0 Å². The van der Waals surface area contributed by atoms with Gasteiger partial charge in [-0.2, -0.15) is 0 Å². The van der Waals surface area contributed by atoms with Gasteiger partial charge in [-0.05, 0) is 36.2 Å². The van der Waals surface area contributed by atoms with Crippen LogP contribution in [-0.2, 0) is 20.8 Å². The molecule has 0 spiro atoms. The lowest BCUT2D eigenvalue weighted by Crippen LogP contribution is -2.28. The summed E-state index contributed by atoms with van der Waals surface area (Å²) in [5, 5.41) is 5.89. The molecule has 29 heavy (non-hydrogen) atoms. The maximum absolute atomic E-state index is 12.3. The molecule has 2 aromatic carbocycles. The van der Waals surface area contributed by atoms with Gasteiger partial charge in [0.1, 0.15) is 0 Å².